The molecule has 3 atom stereocenters. The highest BCUT2D eigenvalue weighted by Crippen LogP contribution is 2.45. The van der Waals surface area contributed by atoms with E-state index in [0.29, 0.717) is 0 Å². The van der Waals surface area contributed by atoms with Crippen molar-refractivity contribution in [1.82, 2.24) is 0 Å². The molecule has 0 aliphatic heterocycles. The maximum Gasteiger partial charge on any atom is 0.325 e. The Balaban J connectivity index is 3.26. The number of hydrogen-bond donors (Lipinski definition) is 2. The molecule has 0 radical (unpaired) electrons. The fourth-order valence-corrected chi connectivity index (χ4v) is 4.08. The van der Waals surface area contributed by atoms with Gasteiger partial charge in [-0.25, -0.2) is 8.42 Å². The average molecular weight is 250 g/mol. The molecule has 1 saturated carbocycles. The Morgan fingerprint density at radius 3 is 2.00 bits per heavy atom. The van der Waals surface area contributed by atoms with Crippen molar-refractivity contribution < 1.29 is 28.2 Å². The molecule has 1 rings (SSSR count). The maximum absolute atomic E-state index is 11.6. The molecule has 92 valence electrons. The number of aliphatic carboxylic acids is 2. The molecular weight excluding hydrogens is 236 g/mol. The second kappa shape index (κ2) is 3.73. The van der Waals surface area contributed by atoms with Crippen molar-refractivity contribution in [2.45, 2.75) is 24.5 Å². The molecular formula is C9H14O6S. The van der Waals surface area contributed by atoms with Crippen LogP contribution in [0.1, 0.15) is 19.8 Å². The Hall–Kier alpha value is -1.11. The summed E-state index contributed by atoms with van der Waals surface area (Å²) in [6, 6.07) is 0. The van der Waals surface area contributed by atoms with E-state index in [4.69, 9.17) is 10.2 Å². The van der Waals surface area contributed by atoms with Crippen LogP contribution in [0.4, 0.5) is 0 Å². The van der Waals surface area contributed by atoms with Gasteiger partial charge in [0, 0.05) is 6.26 Å². The first-order valence-electron chi connectivity index (χ1n) is 4.78. The van der Waals surface area contributed by atoms with Crippen molar-refractivity contribution >= 4 is 21.8 Å². The van der Waals surface area contributed by atoms with Crippen LogP contribution < -0.4 is 0 Å². The van der Waals surface area contributed by atoms with E-state index in [2.05, 4.69) is 0 Å². The van der Waals surface area contributed by atoms with Gasteiger partial charge in [0.2, 0.25) is 0 Å². The predicted molar refractivity (Wildman–Crippen MR) is 54.7 cm³/mol. The minimum absolute atomic E-state index is 0.0781. The van der Waals surface area contributed by atoms with Crippen LogP contribution in [-0.2, 0) is 19.4 Å². The first kappa shape index (κ1) is 13.0. The van der Waals surface area contributed by atoms with Gasteiger partial charge in [-0.05, 0) is 18.8 Å². The lowest BCUT2D eigenvalue weighted by Gasteiger charge is -2.26. The van der Waals surface area contributed by atoms with E-state index < -0.39 is 38.4 Å². The molecule has 1 aliphatic rings. The highest BCUT2D eigenvalue weighted by Gasteiger charge is 2.59. The topological polar surface area (TPSA) is 109 Å². The SMILES string of the molecule is C[C@@H]1C[C@@H](C(=O)O)C[C@]1(C(=O)O)S(C)(=O)=O. The highest BCUT2D eigenvalue weighted by atomic mass is 32.2. The molecule has 0 unspecified atom stereocenters. The van der Waals surface area contributed by atoms with Crippen LogP contribution in [0.2, 0.25) is 0 Å². The molecule has 1 fully saturated rings. The molecule has 0 spiro atoms. The smallest absolute Gasteiger partial charge is 0.325 e. The van der Waals surface area contributed by atoms with Crippen LogP contribution in [0, 0.1) is 11.8 Å². The van der Waals surface area contributed by atoms with Crippen LogP contribution in [0.3, 0.4) is 0 Å². The first-order valence-corrected chi connectivity index (χ1v) is 6.68. The summed E-state index contributed by atoms with van der Waals surface area (Å²) >= 11 is 0. The van der Waals surface area contributed by atoms with Gasteiger partial charge in [0.1, 0.15) is 0 Å². The van der Waals surface area contributed by atoms with Gasteiger partial charge in [0.15, 0.2) is 14.6 Å². The Bertz CT molecular complexity index is 425. The van der Waals surface area contributed by atoms with E-state index in [1.807, 2.05) is 0 Å². The van der Waals surface area contributed by atoms with Crippen LogP contribution >= 0.6 is 0 Å². The average Bonchev–Trinajstić information content (AvgIpc) is 2.42. The van der Waals surface area contributed by atoms with E-state index in [1.54, 1.807) is 0 Å². The molecule has 0 saturated heterocycles. The molecule has 7 heteroatoms. The summed E-state index contributed by atoms with van der Waals surface area (Å²) in [6.07, 6.45) is 0.578. The van der Waals surface area contributed by atoms with Crippen LogP contribution in [0.15, 0.2) is 0 Å². The lowest BCUT2D eigenvalue weighted by molar-refractivity contribution is -0.142. The normalized spacial score (nSPS) is 34.9. The van der Waals surface area contributed by atoms with Crippen molar-refractivity contribution in [2.75, 3.05) is 6.26 Å². The lowest BCUT2D eigenvalue weighted by atomic mass is 9.97. The van der Waals surface area contributed by atoms with Gasteiger partial charge in [-0.15, -0.1) is 0 Å². The van der Waals surface area contributed by atoms with E-state index in [-0.39, 0.29) is 12.8 Å². The van der Waals surface area contributed by atoms with Crippen molar-refractivity contribution in [1.29, 1.82) is 0 Å². The predicted octanol–water partition coefficient (Wildman–Crippen LogP) is -0.0149. The quantitative estimate of drug-likeness (QED) is 0.729. The molecule has 0 amide bonds. The van der Waals surface area contributed by atoms with Crippen LogP contribution in [-0.4, -0.2) is 41.6 Å². The summed E-state index contributed by atoms with van der Waals surface area (Å²) in [6.45, 7) is 1.47. The fourth-order valence-electron chi connectivity index (χ4n) is 2.43. The molecule has 0 aromatic rings. The molecule has 6 nitrogen and oxygen atoms in total. The third kappa shape index (κ3) is 1.68. The fraction of sp³-hybridized carbons (Fsp3) is 0.778. The highest BCUT2D eigenvalue weighted by molar-refractivity contribution is 7.92. The molecule has 0 heterocycles. The number of carboxylic acids is 2. The zero-order valence-corrected chi connectivity index (χ0v) is 9.82. The number of carbonyl (C=O) groups is 2. The van der Waals surface area contributed by atoms with Gasteiger partial charge in [-0.3, -0.25) is 9.59 Å². The standard InChI is InChI=1S/C9H14O6S/c1-5-3-6(7(10)11)4-9(5,8(12)13)16(2,14)15/h5-6H,3-4H2,1-2H3,(H,10,11)(H,12,13)/t5-,6-,9+/m1/s1. The molecule has 0 aromatic heterocycles. The third-order valence-corrected chi connectivity index (χ3v) is 5.42. The zero-order valence-electron chi connectivity index (χ0n) is 9.00. The minimum atomic E-state index is -3.84. The summed E-state index contributed by atoms with van der Waals surface area (Å²) in [5, 5.41) is 17.9. The molecule has 16 heavy (non-hydrogen) atoms. The van der Waals surface area contributed by atoms with Crippen molar-refractivity contribution in [3.05, 3.63) is 0 Å². The number of hydrogen-bond acceptors (Lipinski definition) is 4. The molecule has 0 aromatic carbocycles. The van der Waals surface area contributed by atoms with Crippen molar-refractivity contribution in [2.24, 2.45) is 11.8 Å². The summed E-state index contributed by atoms with van der Waals surface area (Å²) in [5.74, 6) is -4.19. The van der Waals surface area contributed by atoms with Gasteiger partial charge >= 0.3 is 11.9 Å². The van der Waals surface area contributed by atoms with Crippen molar-refractivity contribution in [3.8, 4) is 0 Å². The number of sulfone groups is 1. The second-order valence-electron chi connectivity index (χ2n) is 4.34. The summed E-state index contributed by atoms with van der Waals surface area (Å²) in [5.41, 5.74) is 0. The van der Waals surface area contributed by atoms with E-state index in [0.717, 1.165) is 6.26 Å². The summed E-state index contributed by atoms with van der Waals surface area (Å²) < 4.78 is 21.3. The molecule has 0 bridgehead atoms. The van der Waals surface area contributed by atoms with Gasteiger partial charge in [-0.1, -0.05) is 6.92 Å². The Labute approximate surface area is 93.2 Å². The van der Waals surface area contributed by atoms with E-state index >= 15 is 0 Å². The first-order chi connectivity index (χ1) is 7.13. The van der Waals surface area contributed by atoms with Crippen LogP contribution in [0.5, 0.6) is 0 Å². The largest absolute Gasteiger partial charge is 0.481 e. The van der Waals surface area contributed by atoms with Gasteiger partial charge in [0.05, 0.1) is 5.92 Å². The van der Waals surface area contributed by atoms with Crippen LogP contribution in [0.25, 0.3) is 0 Å². The van der Waals surface area contributed by atoms with E-state index in [9.17, 15) is 18.0 Å². The molecule has 2 N–H and O–H groups in total. The summed E-state index contributed by atoms with van der Waals surface area (Å²) in [7, 11) is -3.84. The number of rotatable bonds is 3. The second-order valence-corrected chi connectivity index (χ2v) is 6.62. The zero-order chi connectivity index (χ0) is 12.7. The molecule has 1 aliphatic carbocycles. The maximum atomic E-state index is 11.6. The Kier molecular flexibility index (Phi) is 3.02. The Morgan fingerprint density at radius 2 is 1.81 bits per heavy atom. The monoisotopic (exact) mass is 250 g/mol. The number of carboxylic acid groups (broad SMARTS) is 2. The lowest BCUT2D eigenvalue weighted by Crippen LogP contribution is -2.48. The Morgan fingerprint density at radius 1 is 1.31 bits per heavy atom. The van der Waals surface area contributed by atoms with Gasteiger partial charge in [-0.2, -0.15) is 0 Å². The summed E-state index contributed by atoms with van der Waals surface area (Å²) in [4.78, 5) is 22.0. The van der Waals surface area contributed by atoms with E-state index in [1.165, 1.54) is 6.92 Å². The third-order valence-electron chi connectivity index (χ3n) is 3.36. The van der Waals surface area contributed by atoms with Gasteiger partial charge in [0.25, 0.3) is 0 Å². The minimum Gasteiger partial charge on any atom is -0.481 e. The van der Waals surface area contributed by atoms with Crippen molar-refractivity contribution in [3.63, 3.8) is 0 Å². The van der Waals surface area contributed by atoms with Gasteiger partial charge < -0.3 is 10.2 Å².